The second-order valence-electron chi connectivity index (χ2n) is 4.00. The van der Waals surface area contributed by atoms with E-state index in [4.69, 9.17) is 5.73 Å². The van der Waals surface area contributed by atoms with Gasteiger partial charge in [-0.15, -0.1) is 11.3 Å². The predicted molar refractivity (Wildman–Crippen MR) is 75.2 cm³/mol. The van der Waals surface area contributed by atoms with Gasteiger partial charge in [-0.1, -0.05) is 13.0 Å². The number of aromatic hydroxyl groups is 1. The van der Waals surface area contributed by atoms with E-state index < -0.39 is 0 Å². The Morgan fingerprint density at radius 1 is 1.53 bits per heavy atom. The fourth-order valence-electron chi connectivity index (χ4n) is 1.59. The van der Waals surface area contributed by atoms with Gasteiger partial charge < -0.3 is 16.2 Å². The number of anilines is 1. The molecule has 0 atom stereocenters. The topological polar surface area (TPSA) is 88.2 Å². The molecule has 0 aliphatic carbocycles. The van der Waals surface area contributed by atoms with Gasteiger partial charge in [-0.25, -0.2) is 4.98 Å². The summed E-state index contributed by atoms with van der Waals surface area (Å²) in [5, 5.41) is 13.3. The van der Waals surface area contributed by atoms with Crippen molar-refractivity contribution in [1.82, 2.24) is 10.3 Å². The number of carbonyl (C=O) groups excluding carboxylic acids is 1. The molecule has 1 heterocycles. The average Bonchev–Trinajstić information content (AvgIpc) is 2.87. The molecule has 2 rings (SSSR count). The van der Waals surface area contributed by atoms with Crippen LogP contribution in [0.3, 0.4) is 0 Å². The molecule has 1 aromatic heterocycles. The van der Waals surface area contributed by atoms with E-state index in [2.05, 4.69) is 17.2 Å². The van der Waals surface area contributed by atoms with Crippen LogP contribution in [0.1, 0.15) is 27.2 Å². The van der Waals surface area contributed by atoms with E-state index in [0.29, 0.717) is 6.54 Å². The lowest BCUT2D eigenvalue weighted by molar-refractivity contribution is 0.0948. The maximum Gasteiger partial charge on any atom is 0.255 e. The quantitative estimate of drug-likeness (QED) is 0.588. The molecule has 0 radical (unpaired) electrons. The number of nitrogens with zero attached hydrogens (tertiary/aromatic N) is 1. The summed E-state index contributed by atoms with van der Waals surface area (Å²) >= 11 is 1.56. The fourth-order valence-corrected chi connectivity index (χ4v) is 2.39. The summed E-state index contributed by atoms with van der Waals surface area (Å²) in [5.74, 6) is -0.550. The third kappa shape index (κ3) is 3.03. The van der Waals surface area contributed by atoms with E-state index >= 15 is 0 Å². The highest BCUT2D eigenvalue weighted by molar-refractivity contribution is 7.11. The number of rotatable bonds is 4. The number of thiazole rings is 1. The maximum atomic E-state index is 11.9. The van der Waals surface area contributed by atoms with Crippen molar-refractivity contribution >= 4 is 22.9 Å². The van der Waals surface area contributed by atoms with Gasteiger partial charge in [-0.3, -0.25) is 4.79 Å². The second kappa shape index (κ2) is 5.71. The van der Waals surface area contributed by atoms with Crippen LogP contribution < -0.4 is 11.1 Å². The lowest BCUT2D eigenvalue weighted by Crippen LogP contribution is -2.22. The van der Waals surface area contributed by atoms with Gasteiger partial charge in [0.25, 0.3) is 5.91 Å². The van der Waals surface area contributed by atoms with Gasteiger partial charge in [-0.2, -0.15) is 0 Å². The number of hydrogen-bond acceptors (Lipinski definition) is 5. The third-order valence-electron chi connectivity index (χ3n) is 2.66. The molecule has 1 aromatic carbocycles. The van der Waals surface area contributed by atoms with Gasteiger partial charge in [0, 0.05) is 11.1 Å². The Morgan fingerprint density at radius 3 is 3.00 bits per heavy atom. The highest BCUT2D eigenvalue weighted by Crippen LogP contribution is 2.24. The molecule has 100 valence electrons. The van der Waals surface area contributed by atoms with E-state index in [1.807, 2.05) is 6.20 Å². The molecule has 0 aliphatic rings. The molecule has 0 fully saturated rings. The molecule has 0 unspecified atom stereocenters. The Balaban J connectivity index is 2.03. The molecular formula is C13H15N3O2S. The number of nitrogens with one attached hydrogen (secondary N) is 1. The van der Waals surface area contributed by atoms with Crippen LogP contribution in [0.2, 0.25) is 0 Å². The lowest BCUT2D eigenvalue weighted by atomic mass is 10.1. The number of aryl methyl sites for hydroxylation is 1. The zero-order valence-corrected chi connectivity index (χ0v) is 11.3. The Labute approximate surface area is 115 Å². The van der Waals surface area contributed by atoms with E-state index in [-0.39, 0.29) is 22.9 Å². The SMILES string of the molecule is CCc1cnc(CNC(=O)c2cccc(N)c2O)s1. The first kappa shape index (κ1) is 13.4. The summed E-state index contributed by atoms with van der Waals surface area (Å²) < 4.78 is 0. The van der Waals surface area contributed by atoms with Gasteiger partial charge in [0.15, 0.2) is 5.75 Å². The summed E-state index contributed by atoms with van der Waals surface area (Å²) in [6.07, 6.45) is 2.74. The number of nitrogen functional groups attached to an aromatic ring is 1. The first-order chi connectivity index (χ1) is 9.11. The van der Waals surface area contributed by atoms with Crippen molar-refractivity contribution in [3.8, 4) is 5.75 Å². The average molecular weight is 277 g/mol. The molecule has 0 spiro atoms. The molecule has 0 saturated heterocycles. The summed E-state index contributed by atoms with van der Waals surface area (Å²) in [7, 11) is 0. The zero-order valence-electron chi connectivity index (χ0n) is 10.5. The number of benzene rings is 1. The lowest BCUT2D eigenvalue weighted by Gasteiger charge is -2.06. The van der Waals surface area contributed by atoms with E-state index in [1.165, 1.54) is 10.9 Å². The van der Waals surface area contributed by atoms with Crippen molar-refractivity contribution < 1.29 is 9.90 Å². The Kier molecular flexibility index (Phi) is 4.01. The van der Waals surface area contributed by atoms with Crippen LogP contribution in [0.15, 0.2) is 24.4 Å². The Bertz CT molecular complexity index is 595. The minimum absolute atomic E-state index is 0.173. The molecule has 2 aromatic rings. The van der Waals surface area contributed by atoms with Crippen molar-refractivity contribution in [2.24, 2.45) is 0 Å². The number of phenols is 1. The van der Waals surface area contributed by atoms with Gasteiger partial charge in [0.05, 0.1) is 17.8 Å². The normalized spacial score (nSPS) is 10.4. The monoisotopic (exact) mass is 277 g/mol. The van der Waals surface area contributed by atoms with Crippen molar-refractivity contribution in [3.05, 3.63) is 39.8 Å². The smallest absolute Gasteiger partial charge is 0.255 e. The highest BCUT2D eigenvalue weighted by Gasteiger charge is 2.13. The van der Waals surface area contributed by atoms with Crippen LogP contribution in [-0.2, 0) is 13.0 Å². The molecule has 19 heavy (non-hydrogen) atoms. The Hall–Kier alpha value is -2.08. The van der Waals surface area contributed by atoms with E-state index in [9.17, 15) is 9.90 Å². The number of carbonyl (C=O) groups is 1. The molecule has 0 bridgehead atoms. The van der Waals surface area contributed by atoms with Gasteiger partial charge in [0.2, 0.25) is 0 Å². The first-order valence-electron chi connectivity index (χ1n) is 5.91. The maximum absolute atomic E-state index is 11.9. The van der Waals surface area contributed by atoms with E-state index in [0.717, 1.165) is 11.4 Å². The minimum Gasteiger partial charge on any atom is -0.505 e. The van der Waals surface area contributed by atoms with Crippen LogP contribution in [0.5, 0.6) is 5.75 Å². The van der Waals surface area contributed by atoms with E-state index in [1.54, 1.807) is 23.5 Å². The number of phenolic OH excluding ortho intramolecular Hbond substituents is 1. The fraction of sp³-hybridized carbons (Fsp3) is 0.231. The molecule has 6 heteroatoms. The van der Waals surface area contributed by atoms with Crippen LogP contribution in [0.4, 0.5) is 5.69 Å². The molecule has 4 N–H and O–H groups in total. The van der Waals surface area contributed by atoms with Crippen molar-refractivity contribution in [2.75, 3.05) is 5.73 Å². The van der Waals surface area contributed by atoms with Gasteiger partial charge in [-0.05, 0) is 18.6 Å². The highest BCUT2D eigenvalue weighted by atomic mass is 32.1. The largest absolute Gasteiger partial charge is 0.505 e. The number of amides is 1. The summed E-state index contributed by atoms with van der Waals surface area (Å²) in [5.41, 5.74) is 5.91. The zero-order chi connectivity index (χ0) is 13.8. The predicted octanol–water partition coefficient (Wildman–Crippen LogP) is 1.92. The summed E-state index contributed by atoms with van der Waals surface area (Å²) in [6.45, 7) is 2.40. The number of nitrogens with two attached hydrogens (primary N) is 1. The Morgan fingerprint density at radius 2 is 2.32 bits per heavy atom. The van der Waals surface area contributed by atoms with Crippen LogP contribution in [0.25, 0.3) is 0 Å². The molecular weight excluding hydrogens is 262 g/mol. The molecule has 5 nitrogen and oxygen atoms in total. The summed E-state index contributed by atoms with van der Waals surface area (Å²) in [6, 6.07) is 4.70. The molecule has 1 amide bonds. The minimum atomic E-state index is -0.363. The van der Waals surface area contributed by atoms with Gasteiger partial charge in [0.1, 0.15) is 5.01 Å². The first-order valence-corrected chi connectivity index (χ1v) is 6.72. The van der Waals surface area contributed by atoms with Gasteiger partial charge >= 0.3 is 0 Å². The molecule has 0 aliphatic heterocycles. The number of para-hydroxylation sites is 1. The standard InChI is InChI=1S/C13H15N3O2S/c1-2-8-6-15-11(19-8)7-16-13(18)9-4-3-5-10(14)12(9)17/h3-6,17H,2,7,14H2,1H3,(H,16,18). The summed E-state index contributed by atoms with van der Waals surface area (Å²) in [4.78, 5) is 17.3. The van der Waals surface area contributed by atoms with Crippen LogP contribution in [0, 0.1) is 0 Å². The van der Waals surface area contributed by atoms with Crippen molar-refractivity contribution in [2.45, 2.75) is 19.9 Å². The number of aromatic nitrogens is 1. The van der Waals surface area contributed by atoms with Crippen molar-refractivity contribution in [3.63, 3.8) is 0 Å². The second-order valence-corrected chi connectivity index (χ2v) is 5.20. The van der Waals surface area contributed by atoms with Crippen LogP contribution >= 0.6 is 11.3 Å². The third-order valence-corrected chi connectivity index (χ3v) is 3.80. The number of hydrogen-bond donors (Lipinski definition) is 3. The molecule has 0 saturated carbocycles. The van der Waals surface area contributed by atoms with Crippen LogP contribution in [-0.4, -0.2) is 16.0 Å². The van der Waals surface area contributed by atoms with Crippen molar-refractivity contribution in [1.29, 1.82) is 0 Å².